The molecule has 3 rings (SSSR count). The molecule has 5 heteroatoms. The van der Waals surface area contributed by atoms with Gasteiger partial charge in [-0.2, -0.15) is 11.8 Å². The molecular formula is C13H14BrNS3. The van der Waals surface area contributed by atoms with Crippen LogP contribution in [0.25, 0.3) is 0 Å². The van der Waals surface area contributed by atoms with Crippen LogP contribution in [0.4, 0.5) is 0 Å². The summed E-state index contributed by atoms with van der Waals surface area (Å²) in [4.78, 5) is 4.42. The Balaban J connectivity index is 1.97. The lowest BCUT2D eigenvalue weighted by atomic mass is 10.1. The molecule has 0 saturated carbocycles. The third-order valence-corrected chi connectivity index (χ3v) is 7.37. The molecule has 1 atom stereocenters. The highest BCUT2D eigenvalue weighted by Crippen LogP contribution is 2.39. The Labute approximate surface area is 128 Å². The van der Waals surface area contributed by atoms with Crippen molar-refractivity contribution < 1.29 is 0 Å². The number of fused-ring (bicyclic) bond motifs is 1. The molecule has 1 unspecified atom stereocenters. The van der Waals surface area contributed by atoms with Gasteiger partial charge < -0.3 is 5.32 Å². The minimum Gasteiger partial charge on any atom is -0.308 e. The number of thioether (sulfide) groups is 1. The van der Waals surface area contributed by atoms with Crippen molar-refractivity contribution in [3.8, 4) is 0 Å². The van der Waals surface area contributed by atoms with Gasteiger partial charge in [0.1, 0.15) is 0 Å². The molecular weight excluding hydrogens is 346 g/mol. The molecule has 2 aromatic heterocycles. The summed E-state index contributed by atoms with van der Waals surface area (Å²) < 4.78 is 1.22. The maximum absolute atomic E-state index is 3.65. The van der Waals surface area contributed by atoms with E-state index in [2.05, 4.69) is 50.5 Å². The van der Waals surface area contributed by atoms with Crippen LogP contribution in [-0.2, 0) is 12.2 Å². The molecule has 0 spiro atoms. The molecule has 1 aliphatic rings. The highest BCUT2D eigenvalue weighted by molar-refractivity contribution is 9.10. The molecule has 96 valence electrons. The van der Waals surface area contributed by atoms with Crippen LogP contribution < -0.4 is 5.32 Å². The van der Waals surface area contributed by atoms with Crippen LogP contribution in [-0.4, -0.2) is 12.8 Å². The molecule has 0 saturated heterocycles. The van der Waals surface area contributed by atoms with Crippen LogP contribution >= 0.6 is 50.4 Å². The van der Waals surface area contributed by atoms with Gasteiger partial charge in [-0.25, -0.2) is 0 Å². The Bertz CT molecular complexity index is 523. The van der Waals surface area contributed by atoms with E-state index >= 15 is 0 Å². The molecule has 0 fully saturated rings. The number of hydrogen-bond acceptors (Lipinski definition) is 4. The summed E-state index contributed by atoms with van der Waals surface area (Å²) >= 11 is 9.50. The standard InChI is InChI=1S/C13H14BrNS3/c1-15-12(13-9(14)2-5-17-13)11-6-8-7-16-4-3-10(8)18-11/h2,5-6,12,15H,3-4,7H2,1H3. The fourth-order valence-corrected chi connectivity index (χ4v) is 6.53. The van der Waals surface area contributed by atoms with Gasteiger partial charge in [0, 0.05) is 24.9 Å². The molecule has 1 N–H and O–H groups in total. The number of halogens is 1. The van der Waals surface area contributed by atoms with Gasteiger partial charge in [-0.3, -0.25) is 0 Å². The van der Waals surface area contributed by atoms with Crippen molar-refractivity contribution in [2.24, 2.45) is 0 Å². The summed E-state index contributed by atoms with van der Waals surface area (Å²) in [6.07, 6.45) is 1.24. The molecule has 3 heterocycles. The number of thiophene rings is 2. The van der Waals surface area contributed by atoms with Gasteiger partial charge in [0.15, 0.2) is 0 Å². The van der Waals surface area contributed by atoms with Gasteiger partial charge in [0.05, 0.1) is 6.04 Å². The van der Waals surface area contributed by atoms with Gasteiger partial charge in [-0.1, -0.05) is 0 Å². The normalized spacial score (nSPS) is 16.6. The van der Waals surface area contributed by atoms with Crippen molar-refractivity contribution in [2.75, 3.05) is 12.8 Å². The van der Waals surface area contributed by atoms with Crippen LogP contribution in [0.2, 0.25) is 0 Å². The fraction of sp³-hybridized carbons (Fsp3) is 0.385. The van der Waals surface area contributed by atoms with Gasteiger partial charge in [0.25, 0.3) is 0 Å². The smallest absolute Gasteiger partial charge is 0.0774 e. The Morgan fingerprint density at radius 2 is 2.33 bits per heavy atom. The van der Waals surface area contributed by atoms with Crippen molar-refractivity contribution >= 4 is 50.4 Å². The second-order valence-corrected chi connectivity index (χ2v) is 8.33. The van der Waals surface area contributed by atoms with Crippen molar-refractivity contribution in [3.05, 3.63) is 42.2 Å². The molecule has 1 aliphatic heterocycles. The molecule has 0 amide bonds. The molecule has 2 aromatic rings. The van der Waals surface area contributed by atoms with Crippen LogP contribution in [0.1, 0.15) is 26.2 Å². The first-order valence-electron chi connectivity index (χ1n) is 5.89. The SMILES string of the molecule is CNC(c1cc2c(s1)CCSC2)c1sccc1Br. The van der Waals surface area contributed by atoms with E-state index in [-0.39, 0.29) is 0 Å². The zero-order valence-electron chi connectivity index (χ0n) is 10.0. The molecule has 1 nitrogen and oxygen atoms in total. The fourth-order valence-electron chi connectivity index (χ4n) is 2.23. The van der Waals surface area contributed by atoms with E-state index in [9.17, 15) is 0 Å². The van der Waals surface area contributed by atoms with E-state index in [0.717, 1.165) is 0 Å². The first-order valence-corrected chi connectivity index (χ1v) is 9.53. The van der Waals surface area contributed by atoms with Crippen LogP contribution in [0.15, 0.2) is 22.0 Å². The lowest BCUT2D eigenvalue weighted by molar-refractivity contribution is 0.713. The molecule has 0 aliphatic carbocycles. The highest BCUT2D eigenvalue weighted by atomic mass is 79.9. The first kappa shape index (κ1) is 13.2. The summed E-state index contributed by atoms with van der Waals surface area (Å²) in [7, 11) is 2.05. The molecule has 18 heavy (non-hydrogen) atoms. The quantitative estimate of drug-likeness (QED) is 0.854. The van der Waals surface area contributed by atoms with E-state index in [1.165, 1.54) is 32.2 Å². The van der Waals surface area contributed by atoms with E-state index in [1.807, 2.05) is 29.7 Å². The Morgan fingerprint density at radius 1 is 1.44 bits per heavy atom. The third-order valence-electron chi connectivity index (χ3n) is 3.13. The van der Waals surface area contributed by atoms with E-state index in [4.69, 9.17) is 0 Å². The summed E-state index contributed by atoms with van der Waals surface area (Å²) in [5.41, 5.74) is 1.55. The summed E-state index contributed by atoms with van der Waals surface area (Å²) in [6, 6.07) is 4.87. The lowest BCUT2D eigenvalue weighted by Gasteiger charge is -2.13. The van der Waals surface area contributed by atoms with Gasteiger partial charge >= 0.3 is 0 Å². The molecule has 0 radical (unpaired) electrons. The minimum absolute atomic E-state index is 0.333. The second kappa shape index (κ2) is 5.67. The summed E-state index contributed by atoms with van der Waals surface area (Å²) in [6.45, 7) is 0. The van der Waals surface area contributed by atoms with Crippen molar-refractivity contribution in [2.45, 2.75) is 18.2 Å². The van der Waals surface area contributed by atoms with Crippen molar-refractivity contribution in [3.63, 3.8) is 0 Å². The maximum atomic E-state index is 3.65. The zero-order valence-corrected chi connectivity index (χ0v) is 14.1. The van der Waals surface area contributed by atoms with Crippen molar-refractivity contribution in [1.82, 2.24) is 5.32 Å². The second-order valence-electron chi connectivity index (χ2n) is 4.25. The monoisotopic (exact) mass is 359 g/mol. The molecule has 0 aromatic carbocycles. The van der Waals surface area contributed by atoms with Crippen molar-refractivity contribution in [1.29, 1.82) is 0 Å². The number of nitrogens with one attached hydrogen (secondary N) is 1. The highest BCUT2D eigenvalue weighted by Gasteiger charge is 2.21. The van der Waals surface area contributed by atoms with Gasteiger partial charge in [-0.15, -0.1) is 22.7 Å². The zero-order chi connectivity index (χ0) is 12.5. The third kappa shape index (κ3) is 2.43. The Hall–Kier alpha value is 0.190. The summed E-state index contributed by atoms with van der Waals surface area (Å²) in [5, 5.41) is 5.60. The minimum atomic E-state index is 0.333. The lowest BCUT2D eigenvalue weighted by Crippen LogP contribution is -2.15. The number of hydrogen-bond donors (Lipinski definition) is 1. The number of aryl methyl sites for hydroxylation is 1. The van der Waals surface area contributed by atoms with E-state index in [1.54, 1.807) is 10.4 Å². The van der Waals surface area contributed by atoms with Crippen LogP contribution in [0, 0.1) is 0 Å². The average molecular weight is 360 g/mol. The maximum Gasteiger partial charge on any atom is 0.0774 e. The van der Waals surface area contributed by atoms with Crippen LogP contribution in [0.3, 0.4) is 0 Å². The first-order chi connectivity index (χ1) is 8.79. The van der Waals surface area contributed by atoms with E-state index in [0.29, 0.717) is 6.04 Å². The number of rotatable bonds is 3. The largest absolute Gasteiger partial charge is 0.308 e. The van der Waals surface area contributed by atoms with E-state index < -0.39 is 0 Å². The summed E-state index contributed by atoms with van der Waals surface area (Å²) in [5.74, 6) is 2.47. The average Bonchev–Trinajstić information content (AvgIpc) is 2.97. The molecule has 0 bridgehead atoms. The predicted molar refractivity (Wildman–Crippen MR) is 87.1 cm³/mol. The topological polar surface area (TPSA) is 12.0 Å². The Morgan fingerprint density at radius 3 is 3.00 bits per heavy atom. The Kier molecular flexibility index (Phi) is 4.15. The van der Waals surface area contributed by atoms with Gasteiger partial charge in [-0.05, 0) is 58.2 Å². The van der Waals surface area contributed by atoms with Gasteiger partial charge in [0.2, 0.25) is 0 Å². The van der Waals surface area contributed by atoms with Crippen LogP contribution in [0.5, 0.6) is 0 Å². The predicted octanol–water partition coefficient (Wildman–Crippen LogP) is 4.67.